The van der Waals surface area contributed by atoms with Crippen molar-refractivity contribution in [2.45, 2.75) is 30.3 Å². The lowest BCUT2D eigenvalue weighted by atomic mass is 10.2. The first-order valence-electron chi connectivity index (χ1n) is 8.77. The molecule has 2 saturated heterocycles. The Morgan fingerprint density at radius 2 is 2.00 bits per heavy atom. The molecule has 2 aliphatic heterocycles. The molecule has 138 valence electrons. The maximum Gasteiger partial charge on any atom is 0.253 e. The lowest BCUT2D eigenvalue weighted by Gasteiger charge is -2.20. The minimum atomic E-state index is -3.59. The molecule has 1 amide bonds. The third-order valence-electron chi connectivity index (χ3n) is 4.56. The normalized spacial score (nSPS) is 21.9. The Morgan fingerprint density at radius 1 is 1.20 bits per heavy atom. The van der Waals surface area contributed by atoms with Gasteiger partial charge in [0.1, 0.15) is 0 Å². The van der Waals surface area contributed by atoms with Crippen LogP contribution >= 0.6 is 0 Å². The summed E-state index contributed by atoms with van der Waals surface area (Å²) in [6.07, 6.45) is 2.72. The van der Waals surface area contributed by atoms with E-state index in [1.807, 2.05) is 0 Å². The van der Waals surface area contributed by atoms with Crippen LogP contribution in [0.1, 0.15) is 29.6 Å². The molecule has 2 N–H and O–H groups in total. The molecule has 25 heavy (non-hydrogen) atoms. The van der Waals surface area contributed by atoms with E-state index in [0.29, 0.717) is 18.7 Å². The number of sulfonamides is 1. The number of carbonyl (C=O) groups is 1. The Morgan fingerprint density at radius 3 is 2.72 bits per heavy atom. The Labute approximate surface area is 148 Å². The van der Waals surface area contributed by atoms with E-state index in [4.69, 9.17) is 4.74 Å². The van der Waals surface area contributed by atoms with E-state index in [-0.39, 0.29) is 23.5 Å². The smallest absolute Gasteiger partial charge is 0.253 e. The highest BCUT2D eigenvalue weighted by Gasteiger charge is 2.21. The molecule has 2 heterocycles. The molecule has 1 aromatic rings. The molecule has 1 aromatic carbocycles. The second kappa shape index (κ2) is 8.27. The Hall–Kier alpha value is -1.48. The standard InChI is InChI=1S/C17H25N3O4S/c21-17(20-10-2-8-18-9-11-20)14-4-6-16(7-5-14)25(22,23)19-13-15-3-1-12-24-15/h4-7,15,18-19H,1-3,8-13H2. The van der Waals surface area contributed by atoms with Gasteiger partial charge in [-0.05, 0) is 50.1 Å². The molecule has 0 spiro atoms. The third-order valence-corrected chi connectivity index (χ3v) is 6.00. The number of hydrogen-bond acceptors (Lipinski definition) is 5. The molecule has 1 atom stereocenters. The fourth-order valence-corrected chi connectivity index (χ4v) is 4.17. The molecule has 7 nitrogen and oxygen atoms in total. The molecule has 3 rings (SSSR count). The van der Waals surface area contributed by atoms with Gasteiger partial charge in [-0.2, -0.15) is 0 Å². The van der Waals surface area contributed by atoms with Crippen LogP contribution in [0.3, 0.4) is 0 Å². The van der Waals surface area contributed by atoms with Gasteiger partial charge in [0, 0.05) is 38.3 Å². The first-order chi connectivity index (χ1) is 12.1. The molecule has 8 heteroatoms. The molecule has 2 aliphatic rings. The summed E-state index contributed by atoms with van der Waals surface area (Å²) in [4.78, 5) is 14.5. The van der Waals surface area contributed by atoms with Crippen LogP contribution in [-0.2, 0) is 14.8 Å². The number of nitrogens with one attached hydrogen (secondary N) is 2. The molecule has 0 saturated carbocycles. The third kappa shape index (κ3) is 4.78. The SMILES string of the molecule is O=C(c1ccc(S(=O)(=O)NCC2CCCO2)cc1)N1CCCNCC1. The summed E-state index contributed by atoms with van der Waals surface area (Å²) in [5, 5.41) is 3.26. The van der Waals surface area contributed by atoms with E-state index in [2.05, 4.69) is 10.0 Å². The van der Waals surface area contributed by atoms with Crippen molar-refractivity contribution in [2.24, 2.45) is 0 Å². The van der Waals surface area contributed by atoms with Crippen LogP contribution in [0.5, 0.6) is 0 Å². The maximum atomic E-state index is 12.5. The number of nitrogens with zero attached hydrogens (tertiary/aromatic N) is 1. The topological polar surface area (TPSA) is 87.7 Å². The van der Waals surface area contributed by atoms with Crippen molar-refractivity contribution in [1.29, 1.82) is 0 Å². The molecular weight excluding hydrogens is 342 g/mol. The van der Waals surface area contributed by atoms with E-state index < -0.39 is 10.0 Å². The van der Waals surface area contributed by atoms with Gasteiger partial charge in [-0.3, -0.25) is 4.79 Å². The van der Waals surface area contributed by atoms with Gasteiger partial charge in [0.2, 0.25) is 10.0 Å². The second-order valence-electron chi connectivity index (χ2n) is 6.41. The highest BCUT2D eigenvalue weighted by Crippen LogP contribution is 2.15. The summed E-state index contributed by atoms with van der Waals surface area (Å²) in [5.74, 6) is -0.0556. The molecule has 0 bridgehead atoms. The van der Waals surface area contributed by atoms with Gasteiger partial charge in [0.05, 0.1) is 11.0 Å². The van der Waals surface area contributed by atoms with Crippen LogP contribution < -0.4 is 10.0 Å². The van der Waals surface area contributed by atoms with Gasteiger partial charge < -0.3 is 15.0 Å². The summed E-state index contributed by atoms with van der Waals surface area (Å²) in [6, 6.07) is 6.14. The fraction of sp³-hybridized carbons (Fsp3) is 0.588. The molecule has 0 aliphatic carbocycles. The number of rotatable bonds is 5. The molecule has 1 unspecified atom stereocenters. The average molecular weight is 367 g/mol. The summed E-state index contributed by atoms with van der Waals surface area (Å²) in [6.45, 7) is 4.05. The van der Waals surface area contributed by atoms with Crippen LogP contribution in [0.4, 0.5) is 0 Å². The van der Waals surface area contributed by atoms with Gasteiger partial charge in [-0.15, -0.1) is 0 Å². The molecule has 0 radical (unpaired) electrons. The highest BCUT2D eigenvalue weighted by atomic mass is 32.2. The Kier molecular flexibility index (Phi) is 6.06. The minimum absolute atomic E-state index is 0.0488. The average Bonchev–Trinajstić information content (AvgIpc) is 3.00. The summed E-state index contributed by atoms with van der Waals surface area (Å²) in [7, 11) is -3.59. The monoisotopic (exact) mass is 367 g/mol. The first kappa shape index (κ1) is 18.3. The number of amides is 1. The molecule has 0 aromatic heterocycles. The maximum absolute atomic E-state index is 12.5. The zero-order valence-electron chi connectivity index (χ0n) is 14.2. The molecule has 2 fully saturated rings. The van der Waals surface area contributed by atoms with E-state index in [0.717, 1.165) is 38.9 Å². The van der Waals surface area contributed by atoms with Gasteiger partial charge in [0.15, 0.2) is 0 Å². The van der Waals surface area contributed by atoms with Gasteiger partial charge in [-0.25, -0.2) is 13.1 Å². The van der Waals surface area contributed by atoms with Crippen molar-refractivity contribution in [3.8, 4) is 0 Å². The van der Waals surface area contributed by atoms with Crippen molar-refractivity contribution in [3.05, 3.63) is 29.8 Å². The largest absolute Gasteiger partial charge is 0.377 e. The van der Waals surface area contributed by atoms with Crippen LogP contribution in [0.25, 0.3) is 0 Å². The zero-order valence-corrected chi connectivity index (χ0v) is 15.1. The van der Waals surface area contributed by atoms with Crippen LogP contribution in [0.2, 0.25) is 0 Å². The zero-order chi connectivity index (χ0) is 17.7. The number of ether oxygens (including phenoxy) is 1. The van der Waals surface area contributed by atoms with Crippen molar-refractivity contribution in [3.63, 3.8) is 0 Å². The summed E-state index contributed by atoms with van der Waals surface area (Å²) >= 11 is 0. The molecular formula is C17H25N3O4S. The Bertz CT molecular complexity index is 676. The second-order valence-corrected chi connectivity index (χ2v) is 8.17. The van der Waals surface area contributed by atoms with Crippen LogP contribution in [0, 0.1) is 0 Å². The summed E-state index contributed by atoms with van der Waals surface area (Å²) < 4.78 is 32.7. The van der Waals surface area contributed by atoms with E-state index in [1.165, 1.54) is 12.1 Å². The lowest BCUT2D eigenvalue weighted by molar-refractivity contribution is 0.0766. The van der Waals surface area contributed by atoms with Crippen molar-refractivity contribution in [1.82, 2.24) is 14.9 Å². The van der Waals surface area contributed by atoms with Crippen LogP contribution in [0.15, 0.2) is 29.2 Å². The number of benzene rings is 1. The van der Waals surface area contributed by atoms with E-state index in [9.17, 15) is 13.2 Å². The highest BCUT2D eigenvalue weighted by molar-refractivity contribution is 7.89. The van der Waals surface area contributed by atoms with Crippen molar-refractivity contribution < 1.29 is 17.9 Å². The van der Waals surface area contributed by atoms with Gasteiger partial charge >= 0.3 is 0 Å². The van der Waals surface area contributed by atoms with Gasteiger partial charge in [0.25, 0.3) is 5.91 Å². The van der Waals surface area contributed by atoms with Crippen molar-refractivity contribution >= 4 is 15.9 Å². The van der Waals surface area contributed by atoms with E-state index >= 15 is 0 Å². The predicted octanol–water partition coefficient (Wildman–Crippen LogP) is 0.579. The minimum Gasteiger partial charge on any atom is -0.377 e. The van der Waals surface area contributed by atoms with Gasteiger partial charge in [-0.1, -0.05) is 0 Å². The number of hydrogen-bond donors (Lipinski definition) is 2. The predicted molar refractivity (Wildman–Crippen MR) is 94.0 cm³/mol. The first-order valence-corrected chi connectivity index (χ1v) is 10.3. The van der Waals surface area contributed by atoms with Crippen LogP contribution in [-0.4, -0.2) is 64.7 Å². The van der Waals surface area contributed by atoms with E-state index in [1.54, 1.807) is 17.0 Å². The quantitative estimate of drug-likeness (QED) is 0.795. The Balaban J connectivity index is 1.63. The lowest BCUT2D eigenvalue weighted by Crippen LogP contribution is -2.34. The fourth-order valence-electron chi connectivity index (χ4n) is 3.10. The number of carbonyl (C=O) groups excluding carboxylic acids is 1. The van der Waals surface area contributed by atoms with Crippen molar-refractivity contribution in [2.75, 3.05) is 39.3 Å². The summed E-state index contributed by atoms with van der Waals surface area (Å²) in [5.41, 5.74) is 0.514.